The second-order valence-electron chi connectivity index (χ2n) is 18.0. The minimum atomic E-state index is -1.02. The fourth-order valence-corrected chi connectivity index (χ4v) is 9.25. The summed E-state index contributed by atoms with van der Waals surface area (Å²) in [7, 11) is 0. The summed E-state index contributed by atoms with van der Waals surface area (Å²) in [6.07, 6.45) is 1.96. The van der Waals surface area contributed by atoms with Crippen LogP contribution in [-0.4, -0.2) is 150 Å². The van der Waals surface area contributed by atoms with Crippen LogP contribution in [0.1, 0.15) is 86.1 Å². The van der Waals surface area contributed by atoms with Gasteiger partial charge in [-0.05, 0) is 112 Å². The molecule has 2 saturated heterocycles. The molecule has 3 aromatic carbocycles. The maximum atomic E-state index is 13.9. The first kappa shape index (κ1) is 54.3. The third-order valence-electron chi connectivity index (χ3n) is 13.0. The van der Waals surface area contributed by atoms with Gasteiger partial charge in [-0.25, -0.2) is 0 Å². The monoisotopic (exact) mass is 1010 g/mol. The van der Waals surface area contributed by atoms with Crippen LogP contribution < -0.4 is 31.1 Å². The van der Waals surface area contributed by atoms with Gasteiger partial charge in [0.1, 0.15) is 18.4 Å². The highest BCUT2D eigenvalue weighted by molar-refractivity contribution is 6.25. The first-order valence-electron chi connectivity index (χ1n) is 25.1. The van der Waals surface area contributed by atoms with Gasteiger partial charge in [-0.15, -0.1) is 0 Å². The van der Waals surface area contributed by atoms with Crippen molar-refractivity contribution >= 4 is 40.9 Å². The molecule has 4 heterocycles. The van der Waals surface area contributed by atoms with Crippen LogP contribution in [0.5, 0.6) is 5.75 Å². The van der Waals surface area contributed by atoms with Crippen molar-refractivity contribution in [2.45, 2.75) is 72.0 Å². The van der Waals surface area contributed by atoms with Gasteiger partial charge in [-0.1, -0.05) is 18.2 Å². The number of aromatic amines is 1. The molecule has 1 unspecified atom stereocenters. The first-order chi connectivity index (χ1) is 35.4. The van der Waals surface area contributed by atoms with Crippen molar-refractivity contribution in [3.63, 3.8) is 0 Å². The van der Waals surface area contributed by atoms with E-state index in [1.54, 1.807) is 18.2 Å². The third kappa shape index (κ3) is 14.4. The van der Waals surface area contributed by atoms with E-state index < -0.39 is 29.7 Å². The zero-order valence-electron chi connectivity index (χ0n) is 42.3. The van der Waals surface area contributed by atoms with E-state index >= 15 is 0 Å². The summed E-state index contributed by atoms with van der Waals surface area (Å²) in [5, 5.41) is 8.36. The van der Waals surface area contributed by atoms with E-state index in [1.165, 1.54) is 0 Å². The quantitative estimate of drug-likeness (QED) is 0.0440. The zero-order chi connectivity index (χ0) is 51.7. The maximum absolute atomic E-state index is 13.9. The number of aryl methyl sites for hydroxylation is 2. The lowest BCUT2D eigenvalue weighted by molar-refractivity contribution is -0.136. The Morgan fingerprint density at radius 1 is 0.753 bits per heavy atom. The summed E-state index contributed by atoms with van der Waals surface area (Å²) in [6, 6.07) is 18.0. The fourth-order valence-electron chi connectivity index (χ4n) is 9.25. The first-order valence-corrected chi connectivity index (χ1v) is 25.1. The highest BCUT2D eigenvalue weighted by atomic mass is 16.6. The molecule has 0 bridgehead atoms. The number of hydrogen-bond acceptors (Lipinski definition) is 15. The van der Waals surface area contributed by atoms with Gasteiger partial charge in [0.15, 0.2) is 0 Å². The molecule has 5 amide bonds. The molecule has 0 aliphatic carbocycles. The van der Waals surface area contributed by atoms with E-state index in [4.69, 9.17) is 33.2 Å². The molecule has 0 saturated carbocycles. The average Bonchev–Trinajstić information content (AvgIpc) is 3.63. The highest BCUT2D eigenvalue weighted by Gasteiger charge is 2.45. The molecule has 4 aromatic rings. The molecule has 1 atom stereocenters. The van der Waals surface area contributed by atoms with E-state index in [0.717, 1.165) is 57.9 Å². The Balaban J connectivity index is 0.740. The van der Waals surface area contributed by atoms with E-state index in [1.807, 2.05) is 57.2 Å². The number of hydrogen-bond donors (Lipinski definition) is 4. The molecule has 19 heteroatoms. The predicted octanol–water partition coefficient (Wildman–Crippen LogP) is 4.88. The van der Waals surface area contributed by atoms with Gasteiger partial charge < -0.3 is 53.7 Å². The molecule has 4 N–H and O–H groups in total. The van der Waals surface area contributed by atoms with Gasteiger partial charge in [0.25, 0.3) is 23.3 Å². The second-order valence-corrected chi connectivity index (χ2v) is 18.0. The fraction of sp³-hybridized carbons (Fsp3) is 0.481. The number of anilines is 2. The number of pyridine rings is 1. The lowest BCUT2D eigenvalue weighted by Crippen LogP contribution is -2.54. The average molecular weight is 1010 g/mol. The topological polar surface area (TPSA) is 225 Å². The van der Waals surface area contributed by atoms with Gasteiger partial charge in [-0.3, -0.25) is 39.0 Å². The Labute approximate surface area is 425 Å². The lowest BCUT2D eigenvalue weighted by Gasteiger charge is -2.37. The molecular formula is C54H68N6O13. The van der Waals surface area contributed by atoms with E-state index in [0.29, 0.717) is 121 Å². The smallest absolute Gasteiger partial charge is 0.264 e. The van der Waals surface area contributed by atoms with Gasteiger partial charge in [0.2, 0.25) is 11.8 Å². The predicted molar refractivity (Wildman–Crippen MR) is 272 cm³/mol. The van der Waals surface area contributed by atoms with Gasteiger partial charge in [0.05, 0.1) is 77.2 Å². The highest BCUT2D eigenvalue weighted by Crippen LogP contribution is 2.35. The standard InChI is InChI=1S/C54H68N6O13/c1-5-59(40-15-18-67-19-16-40)47-33-39(32-43(37(47)4)50(62)56-34-44-35(2)31-36(3)57-51(44)63)38-9-11-41(12-10-38)73-30-29-72-28-27-71-26-25-70-24-23-69-22-21-68-20-17-55-45-8-6-7-42-49(45)54(66)60(53(42)65)46-13-14-48(61)58-52(46)64/h6-12,31-33,40,46,55H,5,13-30,34H2,1-4H3,(H,56,62)(H,57,63)(H,58,61,64). The molecule has 0 spiro atoms. The van der Waals surface area contributed by atoms with Crippen molar-refractivity contribution < 1.29 is 57.1 Å². The number of piperidine rings is 1. The van der Waals surface area contributed by atoms with E-state index in [9.17, 15) is 28.8 Å². The lowest BCUT2D eigenvalue weighted by atomic mass is 9.95. The molecule has 392 valence electrons. The minimum absolute atomic E-state index is 0.0565. The minimum Gasteiger partial charge on any atom is -0.491 e. The van der Waals surface area contributed by atoms with Crippen LogP contribution in [0.2, 0.25) is 0 Å². The van der Waals surface area contributed by atoms with Crippen LogP contribution in [0.15, 0.2) is 65.5 Å². The van der Waals surface area contributed by atoms with Crippen LogP contribution in [0.3, 0.4) is 0 Å². The van der Waals surface area contributed by atoms with Crippen molar-refractivity contribution in [1.82, 2.24) is 20.5 Å². The Morgan fingerprint density at radius 2 is 1.40 bits per heavy atom. The number of H-pyrrole nitrogens is 1. The number of carbonyl (C=O) groups is 5. The molecule has 0 radical (unpaired) electrons. The van der Waals surface area contributed by atoms with E-state index in [-0.39, 0.29) is 42.0 Å². The van der Waals surface area contributed by atoms with Crippen LogP contribution in [0.25, 0.3) is 11.1 Å². The maximum Gasteiger partial charge on any atom is 0.264 e. The Bertz CT molecular complexity index is 2610. The van der Waals surface area contributed by atoms with E-state index in [2.05, 4.69) is 38.8 Å². The Hall–Kier alpha value is -6.48. The SMILES string of the molecule is CCN(c1cc(-c2ccc(OCCOCCOCCOCCOCCOCCNc3cccc4c3C(=O)N(C3CCC(=O)NC3=O)C4=O)cc2)cc(C(=O)NCc2c(C)cc(C)[nH]c2=O)c1C)C1CCOCC1. The molecule has 7 rings (SSSR count). The Morgan fingerprint density at radius 3 is 2.03 bits per heavy atom. The normalized spacial score (nSPS) is 15.9. The van der Waals surface area contributed by atoms with Crippen molar-refractivity contribution in [3.8, 4) is 16.9 Å². The summed E-state index contributed by atoms with van der Waals surface area (Å²) in [6.45, 7) is 14.7. The van der Waals surface area contributed by atoms with Crippen molar-refractivity contribution in [1.29, 1.82) is 0 Å². The van der Waals surface area contributed by atoms with Crippen molar-refractivity contribution in [3.05, 3.63) is 110 Å². The van der Waals surface area contributed by atoms with Crippen LogP contribution >= 0.6 is 0 Å². The van der Waals surface area contributed by atoms with Crippen molar-refractivity contribution in [2.75, 3.05) is 109 Å². The summed E-state index contributed by atoms with van der Waals surface area (Å²) >= 11 is 0. The molecule has 1 aromatic heterocycles. The largest absolute Gasteiger partial charge is 0.491 e. The molecule has 73 heavy (non-hydrogen) atoms. The van der Waals surface area contributed by atoms with Gasteiger partial charge >= 0.3 is 0 Å². The number of imide groups is 2. The number of ether oxygens (including phenoxy) is 7. The number of rotatable bonds is 28. The number of carbonyl (C=O) groups excluding carboxylic acids is 5. The molecule has 2 fully saturated rings. The van der Waals surface area contributed by atoms with Crippen LogP contribution in [0, 0.1) is 20.8 Å². The number of nitrogens with one attached hydrogen (secondary N) is 4. The summed E-state index contributed by atoms with van der Waals surface area (Å²) in [5.41, 5.74) is 7.11. The molecule has 3 aliphatic heterocycles. The number of nitrogens with zero attached hydrogens (tertiary/aromatic N) is 2. The third-order valence-corrected chi connectivity index (χ3v) is 13.0. The molecular weight excluding hydrogens is 941 g/mol. The van der Waals surface area contributed by atoms with Crippen LogP contribution in [-0.2, 0) is 44.6 Å². The molecule has 3 aliphatic rings. The summed E-state index contributed by atoms with van der Waals surface area (Å²) < 4.78 is 39.7. The summed E-state index contributed by atoms with van der Waals surface area (Å²) in [5.74, 6) is -1.74. The van der Waals surface area contributed by atoms with Crippen LogP contribution in [0.4, 0.5) is 11.4 Å². The zero-order valence-corrected chi connectivity index (χ0v) is 42.3. The Kier molecular flexibility index (Phi) is 20.1. The molecule has 19 nitrogen and oxygen atoms in total. The van der Waals surface area contributed by atoms with Gasteiger partial charge in [0, 0.05) is 73.5 Å². The second kappa shape index (κ2) is 27.0. The van der Waals surface area contributed by atoms with Gasteiger partial charge in [-0.2, -0.15) is 0 Å². The number of amides is 5. The van der Waals surface area contributed by atoms with Crippen molar-refractivity contribution in [2.24, 2.45) is 0 Å². The summed E-state index contributed by atoms with van der Waals surface area (Å²) in [4.78, 5) is 83.0. The number of benzene rings is 3. The number of fused-ring (bicyclic) bond motifs is 1. The number of aromatic nitrogens is 1.